The molecule has 0 fully saturated rings. The standard InChI is InChI=1S/C14H20ClN3S/c1-3-7-16-12(13-5-6-14(15)19-13)8-11-9-17-18(4-2)10-11/h5-6,9-10,12,16H,3-4,7-8H2,1-2H3. The van der Waals surface area contributed by atoms with Gasteiger partial charge in [0.25, 0.3) is 0 Å². The predicted octanol–water partition coefficient (Wildman–Crippen LogP) is 3.90. The fourth-order valence-electron chi connectivity index (χ4n) is 2.03. The van der Waals surface area contributed by atoms with Gasteiger partial charge in [0, 0.05) is 23.7 Å². The molecule has 19 heavy (non-hydrogen) atoms. The summed E-state index contributed by atoms with van der Waals surface area (Å²) in [6, 6.07) is 4.41. The smallest absolute Gasteiger partial charge is 0.0931 e. The van der Waals surface area contributed by atoms with Crippen molar-refractivity contribution in [3.8, 4) is 0 Å². The summed E-state index contributed by atoms with van der Waals surface area (Å²) < 4.78 is 2.82. The van der Waals surface area contributed by atoms with Crippen LogP contribution < -0.4 is 5.32 Å². The Labute approximate surface area is 123 Å². The molecule has 2 heterocycles. The topological polar surface area (TPSA) is 29.9 Å². The summed E-state index contributed by atoms with van der Waals surface area (Å²) in [4.78, 5) is 1.29. The van der Waals surface area contributed by atoms with E-state index in [1.807, 2.05) is 16.9 Å². The summed E-state index contributed by atoms with van der Waals surface area (Å²) in [6.07, 6.45) is 6.16. The van der Waals surface area contributed by atoms with E-state index in [0.717, 1.165) is 30.3 Å². The zero-order chi connectivity index (χ0) is 13.7. The quantitative estimate of drug-likeness (QED) is 0.840. The summed E-state index contributed by atoms with van der Waals surface area (Å²) in [5.74, 6) is 0. The summed E-state index contributed by atoms with van der Waals surface area (Å²) in [6.45, 7) is 6.21. The van der Waals surface area contributed by atoms with Crippen LogP contribution in [0.2, 0.25) is 4.34 Å². The fraction of sp³-hybridized carbons (Fsp3) is 0.500. The molecule has 104 valence electrons. The Morgan fingerprint density at radius 3 is 2.84 bits per heavy atom. The molecule has 3 nitrogen and oxygen atoms in total. The molecule has 0 spiro atoms. The zero-order valence-electron chi connectivity index (χ0n) is 11.4. The average molecular weight is 298 g/mol. The first kappa shape index (κ1) is 14.6. The zero-order valence-corrected chi connectivity index (χ0v) is 13.0. The van der Waals surface area contributed by atoms with Crippen molar-refractivity contribution in [3.63, 3.8) is 0 Å². The van der Waals surface area contributed by atoms with Crippen LogP contribution in [0, 0.1) is 0 Å². The third kappa shape index (κ3) is 4.06. The highest BCUT2D eigenvalue weighted by Gasteiger charge is 2.14. The molecule has 1 N–H and O–H groups in total. The van der Waals surface area contributed by atoms with E-state index in [0.29, 0.717) is 6.04 Å². The summed E-state index contributed by atoms with van der Waals surface area (Å²) in [5, 5.41) is 7.92. The fourth-order valence-corrected chi connectivity index (χ4v) is 3.16. The van der Waals surface area contributed by atoms with E-state index < -0.39 is 0 Å². The number of halogens is 1. The Morgan fingerprint density at radius 1 is 1.42 bits per heavy atom. The SMILES string of the molecule is CCCNC(Cc1cnn(CC)c1)c1ccc(Cl)s1. The van der Waals surface area contributed by atoms with Gasteiger partial charge < -0.3 is 5.32 Å². The maximum atomic E-state index is 6.04. The summed E-state index contributed by atoms with van der Waals surface area (Å²) in [5.41, 5.74) is 1.26. The lowest BCUT2D eigenvalue weighted by molar-refractivity contribution is 0.536. The van der Waals surface area contributed by atoms with Gasteiger partial charge in [0.05, 0.1) is 10.5 Å². The van der Waals surface area contributed by atoms with Gasteiger partial charge in [-0.05, 0) is 44.0 Å². The number of hydrogen-bond donors (Lipinski definition) is 1. The van der Waals surface area contributed by atoms with Gasteiger partial charge in [-0.3, -0.25) is 4.68 Å². The maximum Gasteiger partial charge on any atom is 0.0931 e. The lowest BCUT2D eigenvalue weighted by Crippen LogP contribution is -2.23. The third-order valence-corrected chi connectivity index (χ3v) is 4.37. The van der Waals surface area contributed by atoms with Gasteiger partial charge >= 0.3 is 0 Å². The molecule has 0 aromatic carbocycles. The van der Waals surface area contributed by atoms with Crippen molar-refractivity contribution in [2.75, 3.05) is 6.54 Å². The second-order valence-electron chi connectivity index (χ2n) is 4.56. The van der Waals surface area contributed by atoms with Crippen LogP contribution in [-0.2, 0) is 13.0 Å². The molecule has 1 unspecified atom stereocenters. The maximum absolute atomic E-state index is 6.04. The van der Waals surface area contributed by atoms with E-state index in [1.54, 1.807) is 11.3 Å². The predicted molar refractivity (Wildman–Crippen MR) is 82.0 cm³/mol. The van der Waals surface area contributed by atoms with Crippen molar-refractivity contribution in [1.29, 1.82) is 0 Å². The van der Waals surface area contributed by atoms with E-state index in [-0.39, 0.29) is 0 Å². The molecule has 2 rings (SSSR count). The Bertz CT molecular complexity index is 506. The number of nitrogens with zero attached hydrogens (tertiary/aromatic N) is 2. The van der Waals surface area contributed by atoms with Crippen LogP contribution in [0.3, 0.4) is 0 Å². The molecule has 0 bridgehead atoms. The van der Waals surface area contributed by atoms with Gasteiger partial charge in [-0.2, -0.15) is 5.10 Å². The van der Waals surface area contributed by atoms with Crippen LogP contribution in [0.5, 0.6) is 0 Å². The third-order valence-electron chi connectivity index (χ3n) is 3.03. The molecule has 0 amide bonds. The van der Waals surface area contributed by atoms with Gasteiger partial charge in [-0.15, -0.1) is 11.3 Å². The molecule has 5 heteroatoms. The molecular weight excluding hydrogens is 278 g/mol. The number of aromatic nitrogens is 2. The van der Waals surface area contributed by atoms with Crippen molar-refractivity contribution in [2.24, 2.45) is 0 Å². The Balaban J connectivity index is 2.09. The lowest BCUT2D eigenvalue weighted by atomic mass is 10.1. The van der Waals surface area contributed by atoms with Gasteiger partial charge in [0.15, 0.2) is 0 Å². The number of rotatable bonds is 7. The van der Waals surface area contributed by atoms with E-state index in [2.05, 4.69) is 36.5 Å². The molecule has 2 aromatic heterocycles. The first-order valence-electron chi connectivity index (χ1n) is 6.72. The van der Waals surface area contributed by atoms with Crippen LogP contribution in [0.15, 0.2) is 24.5 Å². The minimum absolute atomic E-state index is 0.326. The van der Waals surface area contributed by atoms with Crippen molar-refractivity contribution >= 4 is 22.9 Å². The summed E-state index contributed by atoms with van der Waals surface area (Å²) >= 11 is 7.70. The van der Waals surface area contributed by atoms with Crippen LogP contribution in [-0.4, -0.2) is 16.3 Å². The van der Waals surface area contributed by atoms with Crippen molar-refractivity contribution in [2.45, 2.75) is 39.3 Å². The summed E-state index contributed by atoms with van der Waals surface area (Å²) in [7, 11) is 0. The molecule has 0 aliphatic rings. The van der Waals surface area contributed by atoms with E-state index in [4.69, 9.17) is 11.6 Å². The van der Waals surface area contributed by atoms with Crippen molar-refractivity contribution in [3.05, 3.63) is 39.3 Å². The molecule has 0 aliphatic carbocycles. The second kappa shape index (κ2) is 7.08. The van der Waals surface area contributed by atoms with Gasteiger partial charge in [-0.25, -0.2) is 0 Å². The minimum atomic E-state index is 0.326. The van der Waals surface area contributed by atoms with Crippen LogP contribution >= 0.6 is 22.9 Å². The first-order valence-corrected chi connectivity index (χ1v) is 7.92. The van der Waals surface area contributed by atoms with Crippen LogP contribution in [0.1, 0.15) is 36.8 Å². The average Bonchev–Trinajstić information content (AvgIpc) is 3.03. The number of hydrogen-bond acceptors (Lipinski definition) is 3. The highest BCUT2D eigenvalue weighted by Crippen LogP contribution is 2.29. The van der Waals surface area contributed by atoms with Crippen molar-refractivity contribution in [1.82, 2.24) is 15.1 Å². The Kier molecular flexibility index (Phi) is 5.43. The van der Waals surface area contributed by atoms with Gasteiger partial charge in [0.2, 0.25) is 0 Å². The van der Waals surface area contributed by atoms with E-state index in [9.17, 15) is 0 Å². The highest BCUT2D eigenvalue weighted by atomic mass is 35.5. The van der Waals surface area contributed by atoms with E-state index >= 15 is 0 Å². The number of nitrogens with one attached hydrogen (secondary N) is 1. The molecule has 0 radical (unpaired) electrons. The van der Waals surface area contributed by atoms with Crippen LogP contribution in [0.4, 0.5) is 0 Å². The first-order chi connectivity index (χ1) is 9.22. The number of aryl methyl sites for hydroxylation is 1. The Morgan fingerprint density at radius 2 is 2.26 bits per heavy atom. The van der Waals surface area contributed by atoms with Gasteiger partial charge in [0.1, 0.15) is 0 Å². The van der Waals surface area contributed by atoms with Gasteiger partial charge in [-0.1, -0.05) is 18.5 Å². The largest absolute Gasteiger partial charge is 0.309 e. The Hall–Kier alpha value is -0.840. The second-order valence-corrected chi connectivity index (χ2v) is 6.30. The van der Waals surface area contributed by atoms with Crippen molar-refractivity contribution < 1.29 is 0 Å². The monoisotopic (exact) mass is 297 g/mol. The van der Waals surface area contributed by atoms with Crippen LogP contribution in [0.25, 0.3) is 0 Å². The molecular formula is C14H20ClN3S. The van der Waals surface area contributed by atoms with E-state index in [1.165, 1.54) is 10.4 Å². The highest BCUT2D eigenvalue weighted by molar-refractivity contribution is 7.16. The molecule has 0 aliphatic heterocycles. The molecule has 0 saturated heterocycles. The molecule has 0 saturated carbocycles. The molecule has 1 atom stereocenters. The minimum Gasteiger partial charge on any atom is -0.309 e. The number of thiophene rings is 1. The molecule has 2 aromatic rings. The normalized spacial score (nSPS) is 12.8. The lowest BCUT2D eigenvalue weighted by Gasteiger charge is -2.16.